The first kappa shape index (κ1) is 15.0. The number of hydrogen-bond acceptors (Lipinski definition) is 4. The molecule has 8 heteroatoms. The lowest BCUT2D eigenvalue weighted by atomic mass is 10.4. The lowest BCUT2D eigenvalue weighted by Crippen LogP contribution is -2.37. The van der Waals surface area contributed by atoms with E-state index in [1.165, 1.54) is 12.5 Å². The van der Waals surface area contributed by atoms with Crippen LogP contribution < -0.4 is 10.6 Å². The van der Waals surface area contributed by atoms with Crippen LogP contribution in [0.5, 0.6) is 0 Å². The van der Waals surface area contributed by atoms with Crippen LogP contribution in [0.25, 0.3) is 0 Å². The Morgan fingerprint density at radius 2 is 2.16 bits per heavy atom. The summed E-state index contributed by atoms with van der Waals surface area (Å²) in [6.45, 7) is 2.01. The van der Waals surface area contributed by atoms with Gasteiger partial charge in [0.2, 0.25) is 0 Å². The molecule has 0 unspecified atom stereocenters. The summed E-state index contributed by atoms with van der Waals surface area (Å²) in [7, 11) is 1.61. The van der Waals surface area contributed by atoms with E-state index in [1.54, 1.807) is 11.7 Å². The van der Waals surface area contributed by atoms with Crippen LogP contribution in [0.4, 0.5) is 4.79 Å². The molecule has 0 aliphatic carbocycles. The van der Waals surface area contributed by atoms with Gasteiger partial charge in [0.15, 0.2) is 5.69 Å². The van der Waals surface area contributed by atoms with Crippen LogP contribution in [-0.2, 0) is 11.3 Å². The summed E-state index contributed by atoms with van der Waals surface area (Å²) < 4.78 is 6.46. The first-order valence-corrected chi connectivity index (χ1v) is 5.89. The molecule has 0 saturated carbocycles. The van der Waals surface area contributed by atoms with Gasteiger partial charge in [-0.1, -0.05) is 0 Å². The zero-order valence-electron chi connectivity index (χ0n) is 10.8. The van der Waals surface area contributed by atoms with Gasteiger partial charge < -0.3 is 25.0 Å². The predicted octanol–water partition coefficient (Wildman–Crippen LogP) is -0.0830. The Balaban J connectivity index is 2.15. The topological polar surface area (TPSA) is 105 Å². The van der Waals surface area contributed by atoms with Crippen molar-refractivity contribution in [3.05, 3.63) is 18.2 Å². The lowest BCUT2D eigenvalue weighted by molar-refractivity contribution is 0.0691. The maximum absolute atomic E-state index is 11.3. The highest BCUT2D eigenvalue weighted by Crippen LogP contribution is 1.95. The zero-order chi connectivity index (χ0) is 14.1. The minimum absolute atomic E-state index is 0.0102. The van der Waals surface area contributed by atoms with E-state index in [0.29, 0.717) is 26.2 Å². The van der Waals surface area contributed by atoms with E-state index in [4.69, 9.17) is 9.84 Å². The van der Waals surface area contributed by atoms with Crippen LogP contribution in [0.2, 0.25) is 0 Å². The first-order chi connectivity index (χ1) is 9.13. The number of amides is 2. The summed E-state index contributed by atoms with van der Waals surface area (Å²) in [5, 5.41) is 14.0. The van der Waals surface area contributed by atoms with Gasteiger partial charge in [-0.2, -0.15) is 0 Å². The van der Waals surface area contributed by atoms with Crippen LogP contribution >= 0.6 is 0 Å². The molecule has 3 N–H and O–H groups in total. The molecule has 0 spiro atoms. The van der Waals surface area contributed by atoms with Crippen LogP contribution in [0.1, 0.15) is 16.9 Å². The number of carboxylic acid groups (broad SMARTS) is 1. The molecule has 0 fully saturated rings. The van der Waals surface area contributed by atoms with Gasteiger partial charge in [-0.3, -0.25) is 0 Å². The van der Waals surface area contributed by atoms with Crippen molar-refractivity contribution in [2.24, 2.45) is 0 Å². The van der Waals surface area contributed by atoms with Gasteiger partial charge >= 0.3 is 12.0 Å². The van der Waals surface area contributed by atoms with E-state index in [2.05, 4.69) is 15.6 Å². The molecule has 106 valence electrons. The smallest absolute Gasteiger partial charge is 0.356 e. The van der Waals surface area contributed by atoms with Gasteiger partial charge in [-0.15, -0.1) is 0 Å². The van der Waals surface area contributed by atoms with Crippen LogP contribution in [0, 0.1) is 0 Å². The van der Waals surface area contributed by atoms with E-state index in [1.807, 2.05) is 0 Å². The van der Waals surface area contributed by atoms with E-state index in [0.717, 1.165) is 6.42 Å². The number of nitrogens with zero attached hydrogens (tertiary/aromatic N) is 2. The van der Waals surface area contributed by atoms with Crippen molar-refractivity contribution < 1.29 is 19.4 Å². The molecule has 0 bridgehead atoms. The average Bonchev–Trinajstić information content (AvgIpc) is 2.84. The number of aromatic nitrogens is 2. The normalized spacial score (nSPS) is 10.2. The summed E-state index contributed by atoms with van der Waals surface area (Å²) in [5.74, 6) is -1.07. The SMILES string of the molecule is COCCCNC(=O)NCCn1cnc(C(=O)O)c1. The van der Waals surface area contributed by atoms with Gasteiger partial charge in [0.1, 0.15) is 0 Å². The quantitative estimate of drug-likeness (QED) is 0.573. The Hall–Kier alpha value is -2.09. The standard InChI is InChI=1S/C11H18N4O4/c1-19-6-2-3-12-11(18)13-4-5-15-7-9(10(16)17)14-8-15/h7-8H,2-6H2,1H3,(H,16,17)(H2,12,13,18). The Bertz CT molecular complexity index is 419. The molecular formula is C11H18N4O4. The second kappa shape index (κ2) is 8.09. The van der Waals surface area contributed by atoms with E-state index in [9.17, 15) is 9.59 Å². The number of carbonyl (C=O) groups is 2. The van der Waals surface area contributed by atoms with Crippen LogP contribution in [0.15, 0.2) is 12.5 Å². The van der Waals surface area contributed by atoms with Gasteiger partial charge in [-0.05, 0) is 6.42 Å². The van der Waals surface area contributed by atoms with E-state index >= 15 is 0 Å². The summed E-state index contributed by atoms with van der Waals surface area (Å²) >= 11 is 0. The monoisotopic (exact) mass is 270 g/mol. The number of methoxy groups -OCH3 is 1. The minimum Gasteiger partial charge on any atom is -0.476 e. The van der Waals surface area contributed by atoms with E-state index in [-0.39, 0.29) is 11.7 Å². The molecule has 1 rings (SSSR count). The fourth-order valence-electron chi connectivity index (χ4n) is 1.37. The van der Waals surface area contributed by atoms with Crippen molar-refractivity contribution in [1.29, 1.82) is 0 Å². The highest BCUT2D eigenvalue weighted by molar-refractivity contribution is 5.84. The second-order valence-electron chi connectivity index (χ2n) is 3.83. The van der Waals surface area contributed by atoms with Gasteiger partial charge in [0, 0.05) is 39.5 Å². The van der Waals surface area contributed by atoms with Gasteiger partial charge in [0.25, 0.3) is 0 Å². The Labute approximate surface area is 110 Å². The molecule has 1 heterocycles. The number of nitrogens with one attached hydrogen (secondary N) is 2. The average molecular weight is 270 g/mol. The third-order valence-electron chi connectivity index (χ3n) is 2.32. The van der Waals surface area contributed by atoms with Gasteiger partial charge in [0.05, 0.1) is 6.33 Å². The van der Waals surface area contributed by atoms with E-state index < -0.39 is 5.97 Å². The molecule has 0 atom stereocenters. The summed E-state index contributed by atoms with van der Waals surface area (Å²) in [5.41, 5.74) is -0.0102. The summed E-state index contributed by atoms with van der Waals surface area (Å²) in [6.07, 6.45) is 3.59. The van der Waals surface area contributed by atoms with Crippen LogP contribution in [0.3, 0.4) is 0 Å². The fourth-order valence-corrected chi connectivity index (χ4v) is 1.37. The van der Waals surface area contributed by atoms with Crippen molar-refractivity contribution in [2.75, 3.05) is 26.8 Å². The zero-order valence-corrected chi connectivity index (χ0v) is 10.8. The molecule has 1 aromatic rings. The highest BCUT2D eigenvalue weighted by Gasteiger charge is 2.06. The molecule has 19 heavy (non-hydrogen) atoms. The molecule has 1 aromatic heterocycles. The molecule has 0 aromatic carbocycles. The van der Waals surface area contributed by atoms with Crippen molar-refractivity contribution in [3.63, 3.8) is 0 Å². The molecule has 0 radical (unpaired) electrons. The Morgan fingerprint density at radius 1 is 1.42 bits per heavy atom. The highest BCUT2D eigenvalue weighted by atomic mass is 16.5. The molecule has 0 aliphatic rings. The molecule has 2 amide bonds. The van der Waals surface area contributed by atoms with Crippen molar-refractivity contribution in [1.82, 2.24) is 20.2 Å². The second-order valence-corrected chi connectivity index (χ2v) is 3.83. The van der Waals surface area contributed by atoms with Crippen molar-refractivity contribution in [3.8, 4) is 0 Å². The van der Waals surface area contributed by atoms with Crippen molar-refractivity contribution >= 4 is 12.0 Å². The molecule has 8 nitrogen and oxygen atoms in total. The fraction of sp³-hybridized carbons (Fsp3) is 0.545. The lowest BCUT2D eigenvalue weighted by Gasteiger charge is -2.07. The Kier molecular flexibility index (Phi) is 6.37. The van der Waals surface area contributed by atoms with Crippen LogP contribution in [-0.4, -0.2) is 53.5 Å². The maximum Gasteiger partial charge on any atom is 0.356 e. The number of carbonyl (C=O) groups excluding carboxylic acids is 1. The molecule has 0 saturated heterocycles. The number of ether oxygens (including phenoxy) is 1. The number of hydrogen-bond donors (Lipinski definition) is 3. The Morgan fingerprint density at radius 3 is 2.79 bits per heavy atom. The number of carboxylic acids is 1. The van der Waals surface area contributed by atoms with Gasteiger partial charge in [-0.25, -0.2) is 14.6 Å². The summed E-state index contributed by atoms with van der Waals surface area (Å²) in [6, 6.07) is -0.255. The number of imidazole rings is 1. The third kappa shape index (κ3) is 5.87. The first-order valence-electron chi connectivity index (χ1n) is 5.89. The number of urea groups is 1. The maximum atomic E-state index is 11.3. The number of aromatic carboxylic acids is 1. The molecule has 0 aliphatic heterocycles. The van der Waals surface area contributed by atoms with Crippen molar-refractivity contribution in [2.45, 2.75) is 13.0 Å². The largest absolute Gasteiger partial charge is 0.476 e. The minimum atomic E-state index is -1.07. The third-order valence-corrected chi connectivity index (χ3v) is 2.32. The predicted molar refractivity (Wildman–Crippen MR) is 67.1 cm³/mol. The summed E-state index contributed by atoms with van der Waals surface area (Å²) in [4.78, 5) is 25.6. The number of rotatable bonds is 8. The molecular weight excluding hydrogens is 252 g/mol.